The van der Waals surface area contributed by atoms with Gasteiger partial charge in [-0.05, 0) is 30.7 Å². The van der Waals surface area contributed by atoms with E-state index in [9.17, 15) is 4.79 Å². The average molecular weight is 342 g/mol. The van der Waals surface area contributed by atoms with E-state index in [0.29, 0.717) is 19.8 Å². The van der Waals surface area contributed by atoms with Crippen molar-refractivity contribution in [3.8, 4) is 11.5 Å². The van der Waals surface area contributed by atoms with E-state index in [0.717, 1.165) is 41.0 Å². The summed E-state index contributed by atoms with van der Waals surface area (Å²) in [7, 11) is 0. The molecule has 1 aromatic rings. The van der Waals surface area contributed by atoms with Gasteiger partial charge in [-0.25, -0.2) is 0 Å². The van der Waals surface area contributed by atoms with Crippen molar-refractivity contribution in [2.24, 2.45) is 5.92 Å². The van der Waals surface area contributed by atoms with Crippen molar-refractivity contribution in [1.29, 1.82) is 0 Å². The number of nitrogens with zero attached hydrogens (tertiary/aromatic N) is 1. The molecule has 0 saturated carbocycles. The largest absolute Gasteiger partial charge is 0.486 e. The van der Waals surface area contributed by atoms with Gasteiger partial charge in [-0.15, -0.1) is 0 Å². The molecule has 3 rings (SSSR count). The minimum atomic E-state index is -0.700. The summed E-state index contributed by atoms with van der Waals surface area (Å²) in [4.78, 5) is 13.1. The van der Waals surface area contributed by atoms with Gasteiger partial charge in [-0.1, -0.05) is 15.9 Å². The fourth-order valence-corrected chi connectivity index (χ4v) is 3.09. The number of likely N-dealkylation sites (tertiary alicyclic amines) is 1. The number of benzene rings is 1. The van der Waals surface area contributed by atoms with Crippen LogP contribution in [0.15, 0.2) is 16.6 Å². The molecule has 2 aliphatic rings. The summed E-state index contributed by atoms with van der Waals surface area (Å²) in [5, 5.41) is 9.04. The van der Waals surface area contributed by atoms with Gasteiger partial charge >= 0.3 is 5.97 Å². The maximum absolute atomic E-state index is 11.0. The van der Waals surface area contributed by atoms with Gasteiger partial charge in [0.05, 0.1) is 5.92 Å². The van der Waals surface area contributed by atoms with Crippen molar-refractivity contribution in [1.82, 2.24) is 4.90 Å². The number of carboxylic acids is 1. The van der Waals surface area contributed by atoms with Crippen LogP contribution in [0.2, 0.25) is 0 Å². The Kier molecular flexibility index (Phi) is 3.85. The van der Waals surface area contributed by atoms with Crippen molar-refractivity contribution < 1.29 is 19.4 Å². The Morgan fingerprint density at radius 3 is 2.70 bits per heavy atom. The highest BCUT2D eigenvalue weighted by Crippen LogP contribution is 2.36. The number of halogens is 1. The molecule has 5 nitrogen and oxygen atoms in total. The summed E-state index contributed by atoms with van der Waals surface area (Å²) in [6.07, 6.45) is 0.720. The van der Waals surface area contributed by atoms with Crippen molar-refractivity contribution in [2.75, 3.05) is 26.3 Å². The minimum Gasteiger partial charge on any atom is -0.486 e. The first kappa shape index (κ1) is 13.7. The summed E-state index contributed by atoms with van der Waals surface area (Å²) < 4.78 is 12.1. The van der Waals surface area contributed by atoms with Crippen LogP contribution in [0.3, 0.4) is 0 Å². The molecule has 0 unspecified atom stereocenters. The molecular weight excluding hydrogens is 326 g/mol. The van der Waals surface area contributed by atoms with Gasteiger partial charge < -0.3 is 14.6 Å². The standard InChI is InChI=1S/C14H16BrNO4/c15-11-6-13-12(19-3-4-20-13)5-10(11)8-16-2-1-9(7-16)14(17)18/h5-6,9H,1-4,7-8H2,(H,17,18)/t9-/m0/s1. The van der Waals surface area contributed by atoms with E-state index in [1.165, 1.54) is 0 Å². The summed E-state index contributed by atoms with van der Waals surface area (Å²) >= 11 is 3.55. The Balaban J connectivity index is 1.73. The number of hydrogen-bond acceptors (Lipinski definition) is 4. The molecule has 1 aromatic carbocycles. The molecule has 1 atom stereocenters. The molecule has 108 valence electrons. The molecular formula is C14H16BrNO4. The van der Waals surface area contributed by atoms with E-state index in [1.807, 2.05) is 12.1 Å². The van der Waals surface area contributed by atoms with Crippen LogP contribution in [0, 0.1) is 5.92 Å². The maximum Gasteiger partial charge on any atom is 0.307 e. The van der Waals surface area contributed by atoms with Crippen molar-refractivity contribution in [2.45, 2.75) is 13.0 Å². The van der Waals surface area contributed by atoms with E-state index in [2.05, 4.69) is 20.8 Å². The first-order valence-corrected chi connectivity index (χ1v) is 7.46. The Morgan fingerprint density at radius 2 is 2.05 bits per heavy atom. The number of carboxylic acid groups (broad SMARTS) is 1. The number of carbonyl (C=O) groups is 1. The second-order valence-electron chi connectivity index (χ2n) is 5.15. The molecule has 1 saturated heterocycles. The van der Waals surface area contributed by atoms with Crippen LogP contribution < -0.4 is 9.47 Å². The fraction of sp³-hybridized carbons (Fsp3) is 0.500. The summed E-state index contributed by atoms with van der Waals surface area (Å²) in [6, 6.07) is 3.90. The highest BCUT2D eigenvalue weighted by molar-refractivity contribution is 9.10. The molecule has 2 heterocycles. The third-order valence-electron chi connectivity index (χ3n) is 3.73. The SMILES string of the molecule is O=C(O)[C@H]1CCN(Cc2cc3c(cc2Br)OCCO3)C1. The predicted molar refractivity (Wildman–Crippen MR) is 76.2 cm³/mol. The minimum absolute atomic E-state index is 0.244. The molecule has 2 aliphatic heterocycles. The zero-order chi connectivity index (χ0) is 14.1. The summed E-state index contributed by atoms with van der Waals surface area (Å²) in [5.41, 5.74) is 1.10. The lowest BCUT2D eigenvalue weighted by atomic mass is 10.1. The quantitative estimate of drug-likeness (QED) is 0.912. The van der Waals surface area contributed by atoms with Crippen LogP contribution in [-0.2, 0) is 11.3 Å². The zero-order valence-corrected chi connectivity index (χ0v) is 12.6. The molecule has 0 aliphatic carbocycles. The number of rotatable bonds is 3. The molecule has 6 heteroatoms. The molecule has 0 radical (unpaired) electrons. The Morgan fingerprint density at radius 1 is 1.35 bits per heavy atom. The van der Waals surface area contributed by atoms with Crippen LogP contribution in [0.4, 0.5) is 0 Å². The van der Waals surface area contributed by atoms with E-state index in [4.69, 9.17) is 14.6 Å². The van der Waals surface area contributed by atoms with Gasteiger partial charge in [-0.3, -0.25) is 9.69 Å². The highest BCUT2D eigenvalue weighted by atomic mass is 79.9. The van der Waals surface area contributed by atoms with Crippen LogP contribution >= 0.6 is 15.9 Å². The van der Waals surface area contributed by atoms with Crippen LogP contribution in [-0.4, -0.2) is 42.3 Å². The molecule has 1 N–H and O–H groups in total. The molecule has 1 fully saturated rings. The predicted octanol–water partition coefficient (Wildman–Crippen LogP) is 2.13. The zero-order valence-electron chi connectivity index (χ0n) is 11.0. The molecule has 0 bridgehead atoms. The Bertz CT molecular complexity index is 534. The van der Waals surface area contributed by atoms with Crippen molar-refractivity contribution in [3.63, 3.8) is 0 Å². The topological polar surface area (TPSA) is 59.0 Å². The molecule has 0 spiro atoms. The summed E-state index contributed by atoms with van der Waals surface area (Å²) in [6.45, 7) is 3.29. The maximum atomic E-state index is 11.0. The molecule has 20 heavy (non-hydrogen) atoms. The van der Waals surface area contributed by atoms with Crippen LogP contribution in [0.5, 0.6) is 11.5 Å². The number of aliphatic carboxylic acids is 1. The second kappa shape index (κ2) is 5.61. The second-order valence-corrected chi connectivity index (χ2v) is 6.00. The van der Waals surface area contributed by atoms with E-state index < -0.39 is 5.97 Å². The lowest BCUT2D eigenvalue weighted by molar-refractivity contribution is -0.141. The highest BCUT2D eigenvalue weighted by Gasteiger charge is 2.28. The normalized spacial score (nSPS) is 21.9. The first-order valence-electron chi connectivity index (χ1n) is 6.66. The fourth-order valence-electron chi connectivity index (χ4n) is 2.65. The van der Waals surface area contributed by atoms with E-state index >= 15 is 0 Å². The monoisotopic (exact) mass is 341 g/mol. The Labute approximate surface area is 125 Å². The average Bonchev–Trinajstić information content (AvgIpc) is 2.88. The number of hydrogen-bond donors (Lipinski definition) is 1. The van der Waals surface area contributed by atoms with Gasteiger partial charge in [0.1, 0.15) is 13.2 Å². The van der Waals surface area contributed by atoms with Gasteiger partial charge in [0.15, 0.2) is 11.5 Å². The third kappa shape index (κ3) is 2.76. The number of ether oxygens (including phenoxy) is 2. The van der Waals surface area contributed by atoms with Gasteiger partial charge in [0, 0.05) is 17.6 Å². The lowest BCUT2D eigenvalue weighted by Gasteiger charge is -2.22. The molecule has 0 aromatic heterocycles. The van der Waals surface area contributed by atoms with Crippen LogP contribution in [0.25, 0.3) is 0 Å². The summed E-state index contributed by atoms with van der Waals surface area (Å²) in [5.74, 6) is 0.583. The first-order chi connectivity index (χ1) is 9.63. The van der Waals surface area contributed by atoms with Gasteiger partial charge in [0.2, 0.25) is 0 Å². The molecule has 0 amide bonds. The van der Waals surface area contributed by atoms with Gasteiger partial charge in [0.25, 0.3) is 0 Å². The van der Waals surface area contributed by atoms with E-state index in [-0.39, 0.29) is 5.92 Å². The number of fused-ring (bicyclic) bond motifs is 1. The van der Waals surface area contributed by atoms with Crippen molar-refractivity contribution in [3.05, 3.63) is 22.2 Å². The lowest BCUT2D eigenvalue weighted by Crippen LogP contribution is -2.23. The van der Waals surface area contributed by atoms with Crippen LogP contribution in [0.1, 0.15) is 12.0 Å². The van der Waals surface area contributed by atoms with Crippen molar-refractivity contribution >= 4 is 21.9 Å². The Hall–Kier alpha value is -1.27. The third-order valence-corrected chi connectivity index (χ3v) is 4.46. The van der Waals surface area contributed by atoms with E-state index in [1.54, 1.807) is 0 Å². The van der Waals surface area contributed by atoms with Gasteiger partial charge in [-0.2, -0.15) is 0 Å². The smallest absolute Gasteiger partial charge is 0.307 e.